The highest BCUT2D eigenvalue weighted by atomic mass is 32.2. The van der Waals surface area contributed by atoms with Gasteiger partial charge in [0.15, 0.2) is 0 Å². The minimum atomic E-state index is -4.63. The lowest BCUT2D eigenvalue weighted by molar-refractivity contribution is -0.137. The summed E-state index contributed by atoms with van der Waals surface area (Å²) in [4.78, 5) is 12.1. The fourth-order valence-electron chi connectivity index (χ4n) is 2.16. The summed E-state index contributed by atoms with van der Waals surface area (Å²) in [6.45, 7) is -0.0513. The van der Waals surface area contributed by atoms with Crippen LogP contribution in [0, 0.1) is 0 Å². The molecule has 0 aromatic heterocycles. The van der Waals surface area contributed by atoms with Crippen LogP contribution in [-0.4, -0.2) is 20.6 Å². The van der Waals surface area contributed by atoms with Crippen molar-refractivity contribution in [3.63, 3.8) is 0 Å². The summed E-state index contributed by atoms with van der Waals surface area (Å²) in [7, 11) is -3.45. The summed E-state index contributed by atoms with van der Waals surface area (Å²) < 4.78 is 63.5. The highest BCUT2D eigenvalue weighted by Crippen LogP contribution is 2.31. The van der Waals surface area contributed by atoms with Crippen molar-refractivity contribution in [1.29, 1.82) is 0 Å². The van der Waals surface area contributed by atoms with E-state index in [0.717, 1.165) is 18.4 Å². The minimum Gasteiger partial charge on any atom is -0.348 e. The lowest BCUT2D eigenvalue weighted by atomic mass is 10.1. The minimum absolute atomic E-state index is 0.0513. The summed E-state index contributed by atoms with van der Waals surface area (Å²) in [6.07, 6.45) is -3.64. The summed E-state index contributed by atoms with van der Waals surface area (Å²) >= 11 is 0. The second-order valence-corrected chi connectivity index (χ2v) is 7.05. The molecule has 2 N–H and O–H groups in total. The monoisotopic (exact) mass is 372 g/mol. The van der Waals surface area contributed by atoms with E-state index in [1.807, 2.05) is 0 Å². The first-order valence-corrected chi connectivity index (χ1v) is 8.96. The summed E-state index contributed by atoms with van der Waals surface area (Å²) in [5.74, 6) is -0.866. The molecular weight excluding hydrogens is 357 g/mol. The van der Waals surface area contributed by atoms with E-state index in [2.05, 4.69) is 10.0 Å². The second kappa shape index (κ2) is 7.14. The third kappa shape index (κ3) is 5.49. The van der Waals surface area contributed by atoms with E-state index in [1.54, 1.807) is 12.1 Å². The van der Waals surface area contributed by atoms with Crippen LogP contribution in [0.1, 0.15) is 21.5 Å². The molecule has 0 spiro atoms. The number of alkyl halides is 3. The third-order valence-corrected chi connectivity index (χ3v) is 3.77. The molecule has 2 aromatic carbocycles. The maximum Gasteiger partial charge on any atom is 0.417 e. The van der Waals surface area contributed by atoms with Crippen molar-refractivity contribution in [2.45, 2.75) is 12.7 Å². The van der Waals surface area contributed by atoms with Crippen LogP contribution < -0.4 is 10.0 Å². The molecule has 0 fully saturated rings. The standard InChI is InChI=1S/C16H15F3N2O3S/c1-25(23,24)21-12-6-4-5-11(9-12)10-20-15(22)13-7-2-3-8-14(13)16(17,18)19/h2-9,21H,10H2,1H3,(H,20,22). The van der Waals surface area contributed by atoms with Gasteiger partial charge in [0, 0.05) is 12.2 Å². The molecule has 5 nitrogen and oxygen atoms in total. The first kappa shape index (κ1) is 18.8. The number of amides is 1. The van der Waals surface area contributed by atoms with Gasteiger partial charge in [-0.2, -0.15) is 13.2 Å². The van der Waals surface area contributed by atoms with Crippen LogP contribution in [0.3, 0.4) is 0 Å². The molecule has 9 heteroatoms. The molecule has 0 bridgehead atoms. The molecule has 0 aliphatic carbocycles. The Labute approximate surface area is 142 Å². The van der Waals surface area contributed by atoms with Crippen molar-refractivity contribution in [1.82, 2.24) is 5.32 Å². The Hall–Kier alpha value is -2.55. The Morgan fingerprint density at radius 1 is 1.08 bits per heavy atom. The van der Waals surface area contributed by atoms with Gasteiger partial charge in [-0.1, -0.05) is 24.3 Å². The molecule has 1 amide bonds. The lowest BCUT2D eigenvalue weighted by Gasteiger charge is -2.13. The normalized spacial score (nSPS) is 11.8. The van der Waals surface area contributed by atoms with E-state index in [9.17, 15) is 26.4 Å². The van der Waals surface area contributed by atoms with Crippen LogP contribution in [-0.2, 0) is 22.7 Å². The van der Waals surface area contributed by atoms with Crippen LogP contribution in [0.4, 0.5) is 18.9 Å². The smallest absolute Gasteiger partial charge is 0.348 e. The number of carbonyl (C=O) groups excluding carboxylic acids is 1. The van der Waals surface area contributed by atoms with Gasteiger partial charge in [-0.05, 0) is 29.8 Å². The first-order chi connectivity index (χ1) is 11.6. The SMILES string of the molecule is CS(=O)(=O)Nc1cccc(CNC(=O)c2ccccc2C(F)(F)F)c1. The Bertz CT molecular complexity index is 880. The van der Waals surface area contributed by atoms with Gasteiger partial charge < -0.3 is 5.32 Å². The molecule has 0 aliphatic rings. The van der Waals surface area contributed by atoms with Gasteiger partial charge in [0.2, 0.25) is 10.0 Å². The Balaban J connectivity index is 2.12. The topological polar surface area (TPSA) is 75.3 Å². The van der Waals surface area contributed by atoms with Gasteiger partial charge in [-0.25, -0.2) is 8.42 Å². The van der Waals surface area contributed by atoms with Crippen molar-refractivity contribution >= 4 is 21.6 Å². The third-order valence-electron chi connectivity index (χ3n) is 3.16. The molecule has 0 unspecified atom stereocenters. The fourth-order valence-corrected chi connectivity index (χ4v) is 2.72. The average Bonchev–Trinajstić information content (AvgIpc) is 2.50. The molecule has 2 rings (SSSR count). The maximum absolute atomic E-state index is 12.9. The number of hydrogen-bond donors (Lipinski definition) is 2. The number of nitrogens with one attached hydrogen (secondary N) is 2. The highest BCUT2D eigenvalue weighted by molar-refractivity contribution is 7.92. The molecule has 0 radical (unpaired) electrons. The quantitative estimate of drug-likeness (QED) is 0.847. The summed E-state index contributed by atoms with van der Waals surface area (Å²) in [6, 6.07) is 10.7. The van der Waals surface area contributed by atoms with Crippen LogP contribution in [0.15, 0.2) is 48.5 Å². The van der Waals surface area contributed by atoms with Crippen molar-refractivity contribution in [2.75, 3.05) is 11.0 Å². The zero-order valence-corrected chi connectivity index (χ0v) is 13.9. The molecule has 134 valence electrons. The number of benzene rings is 2. The van der Waals surface area contributed by atoms with Gasteiger partial charge in [-0.3, -0.25) is 9.52 Å². The first-order valence-electron chi connectivity index (χ1n) is 7.07. The summed E-state index contributed by atoms with van der Waals surface area (Å²) in [5.41, 5.74) is -0.656. The average molecular weight is 372 g/mol. The molecule has 0 saturated carbocycles. The van der Waals surface area contributed by atoms with Gasteiger partial charge in [0.1, 0.15) is 0 Å². The van der Waals surface area contributed by atoms with E-state index in [4.69, 9.17) is 0 Å². The Kier molecular flexibility index (Phi) is 5.36. The lowest BCUT2D eigenvalue weighted by Crippen LogP contribution is -2.25. The van der Waals surface area contributed by atoms with Crippen LogP contribution in [0.5, 0.6) is 0 Å². The Morgan fingerprint density at radius 2 is 1.76 bits per heavy atom. The van der Waals surface area contributed by atoms with Gasteiger partial charge in [-0.15, -0.1) is 0 Å². The number of sulfonamides is 1. The number of carbonyl (C=O) groups is 1. The predicted molar refractivity (Wildman–Crippen MR) is 87.5 cm³/mol. The van der Waals surface area contributed by atoms with Gasteiger partial charge in [0.25, 0.3) is 5.91 Å². The van der Waals surface area contributed by atoms with E-state index >= 15 is 0 Å². The molecule has 0 aliphatic heterocycles. The molecule has 0 atom stereocenters. The van der Waals surface area contributed by atoms with E-state index in [0.29, 0.717) is 11.3 Å². The maximum atomic E-state index is 12.9. The number of hydrogen-bond acceptors (Lipinski definition) is 3. The van der Waals surface area contributed by atoms with E-state index in [1.165, 1.54) is 24.3 Å². The van der Waals surface area contributed by atoms with E-state index in [-0.39, 0.29) is 6.54 Å². The zero-order chi connectivity index (χ0) is 18.7. The van der Waals surface area contributed by atoms with Gasteiger partial charge >= 0.3 is 6.18 Å². The second-order valence-electron chi connectivity index (χ2n) is 5.30. The summed E-state index contributed by atoms with van der Waals surface area (Å²) in [5, 5.41) is 2.40. The molecule has 0 heterocycles. The predicted octanol–water partition coefficient (Wildman–Crippen LogP) is 3.01. The highest BCUT2D eigenvalue weighted by Gasteiger charge is 2.34. The van der Waals surface area contributed by atoms with Crippen LogP contribution in [0.2, 0.25) is 0 Å². The van der Waals surface area contributed by atoms with E-state index < -0.39 is 33.2 Å². The van der Waals surface area contributed by atoms with Crippen molar-refractivity contribution in [3.05, 3.63) is 65.2 Å². The zero-order valence-electron chi connectivity index (χ0n) is 13.1. The van der Waals surface area contributed by atoms with Gasteiger partial charge in [0.05, 0.1) is 17.4 Å². The molecular formula is C16H15F3N2O3S. The van der Waals surface area contributed by atoms with Crippen molar-refractivity contribution in [2.24, 2.45) is 0 Å². The fraction of sp³-hybridized carbons (Fsp3) is 0.188. The van der Waals surface area contributed by atoms with Crippen molar-refractivity contribution < 1.29 is 26.4 Å². The Morgan fingerprint density at radius 3 is 2.40 bits per heavy atom. The number of halogens is 3. The molecule has 0 saturated heterocycles. The molecule has 25 heavy (non-hydrogen) atoms. The molecule has 2 aromatic rings. The number of rotatable bonds is 5. The van der Waals surface area contributed by atoms with Crippen molar-refractivity contribution in [3.8, 4) is 0 Å². The number of anilines is 1. The van der Waals surface area contributed by atoms with Crippen LogP contribution in [0.25, 0.3) is 0 Å². The van der Waals surface area contributed by atoms with Crippen LogP contribution >= 0.6 is 0 Å². The largest absolute Gasteiger partial charge is 0.417 e.